The second kappa shape index (κ2) is 9.02. The highest BCUT2D eigenvalue weighted by Gasteiger charge is 2.44. The molecule has 28 heavy (non-hydrogen) atoms. The maximum Gasteiger partial charge on any atom is 0.142 e. The van der Waals surface area contributed by atoms with Gasteiger partial charge in [0.15, 0.2) is 0 Å². The molecule has 3 fully saturated rings. The van der Waals surface area contributed by atoms with Crippen molar-refractivity contribution in [2.24, 2.45) is 0 Å². The molecule has 1 spiro atoms. The molecule has 1 aliphatic carbocycles. The van der Waals surface area contributed by atoms with Crippen molar-refractivity contribution < 1.29 is 14.2 Å². The molecular weight excluding hydrogens is 352 g/mol. The zero-order chi connectivity index (χ0) is 19.4. The Kier molecular flexibility index (Phi) is 6.44. The molecular formula is C23H36N2O3. The third kappa shape index (κ3) is 4.32. The number of anilines is 1. The summed E-state index contributed by atoms with van der Waals surface area (Å²) in [5.74, 6) is 0.995. The van der Waals surface area contributed by atoms with Crippen LogP contribution in [0.1, 0.15) is 46.0 Å². The maximum atomic E-state index is 6.44. The lowest BCUT2D eigenvalue weighted by molar-refractivity contribution is -0.241. The molecule has 0 N–H and O–H groups in total. The zero-order valence-corrected chi connectivity index (χ0v) is 17.6. The fourth-order valence-electron chi connectivity index (χ4n) is 5.08. The van der Waals surface area contributed by atoms with Gasteiger partial charge < -0.3 is 19.1 Å². The summed E-state index contributed by atoms with van der Waals surface area (Å²) in [6.07, 6.45) is 6.65. The summed E-state index contributed by atoms with van der Waals surface area (Å²) in [5.41, 5.74) is 1.21. The molecule has 3 aliphatic rings. The molecule has 1 aromatic rings. The number of hydrogen-bond acceptors (Lipinski definition) is 5. The molecule has 4 rings (SSSR count). The molecule has 5 nitrogen and oxygen atoms in total. The summed E-state index contributed by atoms with van der Waals surface area (Å²) in [6.45, 7) is 10.8. The van der Waals surface area contributed by atoms with Gasteiger partial charge in [0.25, 0.3) is 0 Å². The van der Waals surface area contributed by atoms with E-state index in [2.05, 4.69) is 34.9 Å². The summed E-state index contributed by atoms with van der Waals surface area (Å²) in [7, 11) is 0. The standard InChI is InChI=1S/C23H36N2O3/c1-3-26-22-10-6-5-9-21(22)25-15-13-24(14-16-25)17-20-18-27-23(19(2)28-20)11-7-4-8-12-23/h5-6,9-10,19-20H,3-4,7-8,11-18H2,1-2H3. The molecule has 0 bridgehead atoms. The van der Waals surface area contributed by atoms with E-state index in [9.17, 15) is 0 Å². The molecule has 0 amide bonds. The van der Waals surface area contributed by atoms with Gasteiger partial charge in [0.1, 0.15) is 5.75 Å². The number of ether oxygens (including phenoxy) is 3. The summed E-state index contributed by atoms with van der Waals surface area (Å²) < 4.78 is 18.7. The molecule has 1 saturated carbocycles. The van der Waals surface area contributed by atoms with Gasteiger partial charge >= 0.3 is 0 Å². The Labute approximate surface area is 169 Å². The Morgan fingerprint density at radius 2 is 1.82 bits per heavy atom. The van der Waals surface area contributed by atoms with Crippen LogP contribution in [0.4, 0.5) is 5.69 Å². The van der Waals surface area contributed by atoms with Crippen molar-refractivity contribution in [1.82, 2.24) is 4.90 Å². The third-order valence-electron chi connectivity index (χ3n) is 6.73. The Hall–Kier alpha value is -1.30. The average molecular weight is 389 g/mol. The van der Waals surface area contributed by atoms with Crippen LogP contribution in [0.2, 0.25) is 0 Å². The minimum atomic E-state index is -0.00354. The first-order valence-corrected chi connectivity index (χ1v) is 11.2. The van der Waals surface area contributed by atoms with Crippen LogP contribution in [0.15, 0.2) is 24.3 Å². The van der Waals surface area contributed by atoms with Gasteiger partial charge in [-0.2, -0.15) is 0 Å². The van der Waals surface area contributed by atoms with Gasteiger partial charge in [0, 0.05) is 32.7 Å². The lowest BCUT2D eigenvalue weighted by Gasteiger charge is -2.48. The molecule has 156 valence electrons. The minimum absolute atomic E-state index is 0.00354. The maximum absolute atomic E-state index is 6.44. The van der Waals surface area contributed by atoms with Gasteiger partial charge in [-0.1, -0.05) is 31.4 Å². The van der Waals surface area contributed by atoms with Crippen LogP contribution in [0, 0.1) is 0 Å². The normalized spacial score (nSPS) is 28.4. The molecule has 1 aromatic carbocycles. The summed E-state index contributed by atoms with van der Waals surface area (Å²) in [5, 5.41) is 0. The van der Waals surface area contributed by atoms with Gasteiger partial charge in [-0.05, 0) is 38.8 Å². The van der Waals surface area contributed by atoms with Gasteiger partial charge in [-0.3, -0.25) is 4.90 Å². The highest BCUT2D eigenvalue weighted by atomic mass is 16.6. The third-order valence-corrected chi connectivity index (χ3v) is 6.73. The van der Waals surface area contributed by atoms with E-state index in [1.54, 1.807) is 0 Å². The fourth-order valence-corrected chi connectivity index (χ4v) is 5.08. The van der Waals surface area contributed by atoms with Crippen LogP contribution in [0.25, 0.3) is 0 Å². The second-order valence-corrected chi connectivity index (χ2v) is 8.53. The number of nitrogens with zero attached hydrogens (tertiary/aromatic N) is 2. The molecule has 2 heterocycles. The predicted octanol–water partition coefficient (Wildman–Crippen LogP) is 3.71. The van der Waals surface area contributed by atoms with Crippen molar-refractivity contribution in [3.05, 3.63) is 24.3 Å². The molecule has 2 atom stereocenters. The first-order valence-electron chi connectivity index (χ1n) is 11.2. The summed E-state index contributed by atoms with van der Waals surface area (Å²) in [4.78, 5) is 4.97. The SMILES string of the molecule is CCOc1ccccc1N1CCN(CC2COC3(CCCCC3)C(C)O2)CC1. The van der Waals surface area contributed by atoms with Gasteiger partial charge in [0.05, 0.1) is 36.7 Å². The van der Waals surface area contributed by atoms with E-state index >= 15 is 0 Å². The van der Waals surface area contributed by atoms with E-state index < -0.39 is 0 Å². The van der Waals surface area contributed by atoms with Crippen LogP contribution in [0.3, 0.4) is 0 Å². The smallest absolute Gasteiger partial charge is 0.142 e. The highest BCUT2D eigenvalue weighted by Crippen LogP contribution is 2.39. The number of para-hydroxylation sites is 2. The molecule has 0 aromatic heterocycles. The first kappa shape index (κ1) is 20.0. The van der Waals surface area contributed by atoms with Crippen LogP contribution in [0.5, 0.6) is 5.75 Å². The zero-order valence-electron chi connectivity index (χ0n) is 17.6. The predicted molar refractivity (Wildman–Crippen MR) is 112 cm³/mol. The van der Waals surface area contributed by atoms with E-state index in [-0.39, 0.29) is 17.8 Å². The first-order chi connectivity index (χ1) is 13.7. The highest BCUT2D eigenvalue weighted by molar-refractivity contribution is 5.58. The average Bonchev–Trinajstić information content (AvgIpc) is 2.73. The van der Waals surface area contributed by atoms with Crippen LogP contribution >= 0.6 is 0 Å². The van der Waals surface area contributed by atoms with Gasteiger partial charge in [-0.15, -0.1) is 0 Å². The van der Waals surface area contributed by atoms with Crippen molar-refractivity contribution in [3.63, 3.8) is 0 Å². The van der Waals surface area contributed by atoms with Crippen LogP contribution in [-0.2, 0) is 9.47 Å². The van der Waals surface area contributed by atoms with Crippen molar-refractivity contribution >= 4 is 5.69 Å². The quantitative estimate of drug-likeness (QED) is 0.768. The monoisotopic (exact) mass is 388 g/mol. The lowest BCUT2D eigenvalue weighted by Crippen LogP contribution is -2.57. The number of benzene rings is 1. The van der Waals surface area contributed by atoms with Crippen molar-refractivity contribution in [1.29, 1.82) is 0 Å². The van der Waals surface area contributed by atoms with E-state index in [0.29, 0.717) is 6.61 Å². The number of rotatable bonds is 5. The largest absolute Gasteiger partial charge is 0.492 e. The Morgan fingerprint density at radius 1 is 1.07 bits per heavy atom. The lowest BCUT2D eigenvalue weighted by atomic mass is 9.80. The number of hydrogen-bond donors (Lipinski definition) is 0. The molecule has 2 unspecified atom stereocenters. The van der Waals surface area contributed by atoms with E-state index in [1.807, 2.05) is 13.0 Å². The molecule has 5 heteroatoms. The molecule has 2 aliphatic heterocycles. The number of piperazine rings is 1. The summed E-state index contributed by atoms with van der Waals surface area (Å²) in [6, 6.07) is 8.39. The van der Waals surface area contributed by atoms with E-state index in [4.69, 9.17) is 14.2 Å². The summed E-state index contributed by atoms with van der Waals surface area (Å²) >= 11 is 0. The Balaban J connectivity index is 1.27. The van der Waals surface area contributed by atoms with Crippen molar-refractivity contribution in [3.8, 4) is 5.75 Å². The molecule has 2 saturated heterocycles. The Morgan fingerprint density at radius 3 is 2.54 bits per heavy atom. The Bertz CT molecular complexity index is 624. The minimum Gasteiger partial charge on any atom is -0.492 e. The van der Waals surface area contributed by atoms with E-state index in [1.165, 1.54) is 37.8 Å². The van der Waals surface area contributed by atoms with Gasteiger partial charge in [-0.25, -0.2) is 0 Å². The van der Waals surface area contributed by atoms with Crippen LogP contribution in [-0.4, -0.2) is 68.6 Å². The van der Waals surface area contributed by atoms with Crippen molar-refractivity contribution in [2.45, 2.75) is 63.8 Å². The van der Waals surface area contributed by atoms with E-state index in [0.717, 1.165) is 45.1 Å². The van der Waals surface area contributed by atoms with Crippen molar-refractivity contribution in [2.75, 3.05) is 50.8 Å². The fraction of sp³-hybridized carbons (Fsp3) is 0.739. The van der Waals surface area contributed by atoms with Gasteiger partial charge in [0.2, 0.25) is 0 Å². The second-order valence-electron chi connectivity index (χ2n) is 8.53. The molecule has 0 radical (unpaired) electrons. The van der Waals surface area contributed by atoms with Crippen LogP contribution < -0.4 is 9.64 Å². The topological polar surface area (TPSA) is 34.2 Å².